The van der Waals surface area contributed by atoms with Crippen LogP contribution in [0.5, 0.6) is 0 Å². The van der Waals surface area contributed by atoms with Crippen LogP contribution in [0.15, 0.2) is 12.2 Å². The maximum absolute atomic E-state index is 5.57. The molecule has 4 atom stereocenters. The van der Waals surface area contributed by atoms with Crippen LogP contribution in [0.4, 0.5) is 0 Å². The predicted octanol–water partition coefficient (Wildman–Crippen LogP) is 0.908. The van der Waals surface area contributed by atoms with Crippen molar-refractivity contribution in [2.45, 2.75) is 19.0 Å². The van der Waals surface area contributed by atoms with Crippen LogP contribution in [-0.4, -0.2) is 25.8 Å². The summed E-state index contributed by atoms with van der Waals surface area (Å²) in [5.41, 5.74) is 1.18. The molecule has 3 unspecified atom stereocenters. The largest absolute Gasteiger partial charge is 0.352 e. The molecule has 0 aliphatic carbocycles. The summed E-state index contributed by atoms with van der Waals surface area (Å²) in [5, 5.41) is 0. The van der Waals surface area contributed by atoms with Gasteiger partial charge >= 0.3 is 0 Å². The molecule has 0 aromatic heterocycles. The summed E-state index contributed by atoms with van der Waals surface area (Å²) in [6.45, 7) is 5.49. The van der Waals surface area contributed by atoms with E-state index in [1.54, 1.807) is 0 Å². The standard InChI is InChI=1S/C9H12O3/c1-5-4-11-9-7(5)6-2-3-10-8(6)12-9/h6-9H,1-4H2/t6?,7-,8?,9?/m0/s1. The van der Waals surface area contributed by atoms with Crippen molar-refractivity contribution in [3.63, 3.8) is 0 Å². The first-order chi connectivity index (χ1) is 5.86. The molecule has 12 heavy (non-hydrogen) atoms. The van der Waals surface area contributed by atoms with E-state index in [9.17, 15) is 0 Å². The number of fused-ring (bicyclic) bond motifs is 3. The minimum atomic E-state index is -0.0622. The lowest BCUT2D eigenvalue weighted by molar-refractivity contribution is -0.188. The van der Waals surface area contributed by atoms with Crippen LogP contribution in [-0.2, 0) is 14.2 Å². The summed E-state index contributed by atoms with van der Waals surface area (Å²) < 4.78 is 16.4. The van der Waals surface area contributed by atoms with Crippen LogP contribution in [0.25, 0.3) is 0 Å². The molecule has 66 valence electrons. The highest BCUT2D eigenvalue weighted by molar-refractivity contribution is 5.12. The van der Waals surface area contributed by atoms with Gasteiger partial charge in [0.15, 0.2) is 12.6 Å². The maximum Gasteiger partial charge on any atom is 0.168 e. The van der Waals surface area contributed by atoms with Crippen molar-refractivity contribution in [2.24, 2.45) is 11.8 Å². The Bertz CT molecular complexity index is 226. The van der Waals surface area contributed by atoms with Crippen LogP contribution in [0, 0.1) is 11.8 Å². The monoisotopic (exact) mass is 168 g/mol. The molecule has 0 spiro atoms. The Balaban J connectivity index is 1.90. The van der Waals surface area contributed by atoms with E-state index in [4.69, 9.17) is 14.2 Å². The van der Waals surface area contributed by atoms with Gasteiger partial charge in [-0.1, -0.05) is 6.58 Å². The predicted molar refractivity (Wildman–Crippen MR) is 41.3 cm³/mol. The first-order valence-corrected chi connectivity index (χ1v) is 4.42. The van der Waals surface area contributed by atoms with Crippen molar-refractivity contribution in [3.8, 4) is 0 Å². The molecular weight excluding hydrogens is 156 g/mol. The summed E-state index contributed by atoms with van der Waals surface area (Å²) in [5.74, 6) is 0.905. The molecule has 3 aliphatic rings. The molecule has 0 aromatic carbocycles. The van der Waals surface area contributed by atoms with Crippen molar-refractivity contribution in [3.05, 3.63) is 12.2 Å². The van der Waals surface area contributed by atoms with Crippen molar-refractivity contribution in [1.82, 2.24) is 0 Å². The lowest BCUT2D eigenvalue weighted by atomic mass is 9.88. The SMILES string of the molecule is C=C1COC2OC3OCCC3[C@H]12. The second kappa shape index (κ2) is 2.31. The van der Waals surface area contributed by atoms with Gasteiger partial charge in [0.1, 0.15) is 0 Å². The van der Waals surface area contributed by atoms with Crippen molar-refractivity contribution >= 4 is 0 Å². The van der Waals surface area contributed by atoms with E-state index in [1.807, 2.05) is 0 Å². The highest BCUT2D eigenvalue weighted by Gasteiger charge is 2.52. The Morgan fingerprint density at radius 1 is 1.25 bits per heavy atom. The Kier molecular flexibility index (Phi) is 1.36. The molecule has 3 aliphatic heterocycles. The van der Waals surface area contributed by atoms with E-state index in [0.29, 0.717) is 18.4 Å². The number of hydrogen-bond donors (Lipinski definition) is 0. The average molecular weight is 168 g/mol. The normalized spacial score (nSPS) is 51.2. The Labute approximate surface area is 71.3 Å². The molecule has 0 radical (unpaired) electrons. The molecule has 0 saturated carbocycles. The Morgan fingerprint density at radius 3 is 3.08 bits per heavy atom. The lowest BCUT2D eigenvalue weighted by Crippen LogP contribution is -2.16. The van der Waals surface area contributed by atoms with Crippen molar-refractivity contribution in [2.75, 3.05) is 13.2 Å². The quantitative estimate of drug-likeness (QED) is 0.503. The molecule has 3 rings (SSSR count). The van der Waals surface area contributed by atoms with E-state index in [1.165, 1.54) is 5.57 Å². The fourth-order valence-corrected chi connectivity index (χ4v) is 2.41. The molecule has 0 amide bonds. The maximum atomic E-state index is 5.57. The topological polar surface area (TPSA) is 27.7 Å². The van der Waals surface area contributed by atoms with Gasteiger partial charge in [-0.2, -0.15) is 0 Å². The molecule has 0 bridgehead atoms. The first-order valence-electron chi connectivity index (χ1n) is 4.42. The molecule has 3 heteroatoms. The van der Waals surface area contributed by atoms with Crippen LogP contribution >= 0.6 is 0 Å². The summed E-state index contributed by atoms with van der Waals surface area (Å²) >= 11 is 0. The average Bonchev–Trinajstić information content (AvgIpc) is 2.61. The first kappa shape index (κ1) is 7.06. The van der Waals surface area contributed by atoms with Gasteiger partial charge in [-0.25, -0.2) is 0 Å². The van der Waals surface area contributed by atoms with Crippen LogP contribution in [0.2, 0.25) is 0 Å². The third kappa shape index (κ3) is 0.762. The van der Waals surface area contributed by atoms with Crippen LogP contribution in [0.3, 0.4) is 0 Å². The van der Waals surface area contributed by atoms with Gasteiger partial charge in [0.2, 0.25) is 0 Å². The smallest absolute Gasteiger partial charge is 0.168 e. The second-order valence-corrected chi connectivity index (χ2v) is 3.69. The van der Waals surface area contributed by atoms with Crippen LogP contribution < -0.4 is 0 Å². The third-order valence-electron chi connectivity index (χ3n) is 3.01. The number of ether oxygens (including phenoxy) is 3. The molecule has 0 N–H and O–H groups in total. The van der Waals surface area contributed by atoms with Gasteiger partial charge in [0.05, 0.1) is 13.2 Å². The molecule has 3 nitrogen and oxygen atoms in total. The minimum absolute atomic E-state index is 0.0166. The Hall–Kier alpha value is -0.380. The van der Waals surface area contributed by atoms with E-state index in [0.717, 1.165) is 13.0 Å². The summed E-state index contributed by atoms with van der Waals surface area (Å²) in [6, 6.07) is 0. The zero-order chi connectivity index (χ0) is 8.13. The molecular formula is C9H12O3. The van der Waals surface area contributed by atoms with Gasteiger partial charge in [0.25, 0.3) is 0 Å². The number of hydrogen-bond acceptors (Lipinski definition) is 3. The number of rotatable bonds is 0. The third-order valence-corrected chi connectivity index (χ3v) is 3.01. The van der Waals surface area contributed by atoms with E-state index < -0.39 is 0 Å². The van der Waals surface area contributed by atoms with Gasteiger partial charge in [-0.3, -0.25) is 0 Å². The summed E-state index contributed by atoms with van der Waals surface area (Å²) in [6.07, 6.45) is 1.01. The molecule has 3 saturated heterocycles. The minimum Gasteiger partial charge on any atom is -0.352 e. The highest BCUT2D eigenvalue weighted by Crippen LogP contribution is 2.46. The zero-order valence-electron chi connectivity index (χ0n) is 6.86. The van der Waals surface area contributed by atoms with Crippen molar-refractivity contribution in [1.29, 1.82) is 0 Å². The van der Waals surface area contributed by atoms with Gasteiger partial charge < -0.3 is 14.2 Å². The fourth-order valence-electron chi connectivity index (χ4n) is 2.41. The van der Waals surface area contributed by atoms with Gasteiger partial charge in [-0.15, -0.1) is 0 Å². The molecule has 0 aromatic rings. The second-order valence-electron chi connectivity index (χ2n) is 3.69. The van der Waals surface area contributed by atoms with Gasteiger partial charge in [0, 0.05) is 11.8 Å². The summed E-state index contributed by atoms with van der Waals surface area (Å²) in [4.78, 5) is 0. The van der Waals surface area contributed by atoms with Gasteiger partial charge in [-0.05, 0) is 12.0 Å². The summed E-state index contributed by atoms with van der Waals surface area (Å²) in [7, 11) is 0. The van der Waals surface area contributed by atoms with Crippen LogP contribution in [0.1, 0.15) is 6.42 Å². The van der Waals surface area contributed by atoms with E-state index in [2.05, 4.69) is 6.58 Å². The van der Waals surface area contributed by atoms with E-state index >= 15 is 0 Å². The van der Waals surface area contributed by atoms with E-state index in [-0.39, 0.29) is 12.6 Å². The fraction of sp³-hybridized carbons (Fsp3) is 0.778. The lowest BCUT2D eigenvalue weighted by Gasteiger charge is -2.11. The molecule has 3 fully saturated rings. The Morgan fingerprint density at radius 2 is 2.17 bits per heavy atom. The molecule has 3 heterocycles. The zero-order valence-corrected chi connectivity index (χ0v) is 6.86. The highest BCUT2D eigenvalue weighted by atomic mass is 16.8. The van der Waals surface area contributed by atoms with Crippen molar-refractivity contribution < 1.29 is 14.2 Å².